The van der Waals surface area contributed by atoms with Crippen LogP contribution in [-0.2, 0) is 0 Å². The van der Waals surface area contributed by atoms with Crippen LogP contribution in [0.15, 0.2) is 21.9 Å². The first kappa shape index (κ1) is 11.6. The Bertz CT molecular complexity index is 763. The summed E-state index contributed by atoms with van der Waals surface area (Å²) < 4.78 is 13.3. The summed E-state index contributed by atoms with van der Waals surface area (Å²) in [6.07, 6.45) is 0. The number of nitrogens with one attached hydrogen (secondary N) is 2. The van der Waals surface area contributed by atoms with Crippen molar-refractivity contribution in [3.8, 4) is 0 Å². The summed E-state index contributed by atoms with van der Waals surface area (Å²) >= 11 is 0. The van der Waals surface area contributed by atoms with Crippen molar-refractivity contribution in [1.29, 1.82) is 5.41 Å². The molecule has 2 aromatic rings. The SMILES string of the molecule is N=C=Nc1nc2cc(F)c([N+](=O)[O-])cc2[nH]c1=O. The number of hydrogen-bond acceptors (Lipinski definition) is 6. The molecule has 2 rings (SSSR count). The van der Waals surface area contributed by atoms with Crippen LogP contribution in [0.2, 0.25) is 0 Å². The number of hydrogen-bond donors (Lipinski definition) is 2. The Labute approximate surface area is 97.5 Å². The lowest BCUT2D eigenvalue weighted by molar-refractivity contribution is -0.387. The lowest BCUT2D eigenvalue weighted by Crippen LogP contribution is -2.08. The Hall–Kier alpha value is -2.93. The standard InChI is InChI=1S/C9H4FN5O3/c10-4-1-5-6(2-7(4)15(17)18)14-9(16)8(13-5)12-3-11/h1-2,11H,(H,14,16). The highest BCUT2D eigenvalue weighted by Crippen LogP contribution is 2.22. The van der Waals surface area contributed by atoms with E-state index in [1.807, 2.05) is 0 Å². The Morgan fingerprint density at radius 3 is 2.89 bits per heavy atom. The van der Waals surface area contributed by atoms with E-state index in [2.05, 4.69) is 15.0 Å². The first-order valence-electron chi connectivity index (χ1n) is 4.53. The number of halogens is 1. The lowest BCUT2D eigenvalue weighted by Gasteiger charge is -1.99. The van der Waals surface area contributed by atoms with E-state index in [0.29, 0.717) is 0 Å². The van der Waals surface area contributed by atoms with Gasteiger partial charge >= 0.3 is 5.69 Å². The summed E-state index contributed by atoms with van der Waals surface area (Å²) in [5, 5.41) is 17.1. The monoisotopic (exact) mass is 249 g/mol. The number of nitrogens with zero attached hydrogens (tertiary/aromatic N) is 3. The van der Waals surface area contributed by atoms with E-state index in [1.54, 1.807) is 6.01 Å². The molecule has 90 valence electrons. The van der Waals surface area contributed by atoms with Crippen LogP contribution in [0.1, 0.15) is 0 Å². The zero-order valence-corrected chi connectivity index (χ0v) is 8.60. The average Bonchev–Trinajstić information content (AvgIpc) is 2.30. The number of fused-ring (bicyclic) bond motifs is 1. The van der Waals surface area contributed by atoms with Gasteiger partial charge in [0.15, 0.2) is 0 Å². The molecule has 0 saturated carbocycles. The molecule has 0 saturated heterocycles. The number of nitro groups is 1. The molecule has 0 atom stereocenters. The largest absolute Gasteiger partial charge is 0.317 e. The quantitative estimate of drug-likeness (QED) is 0.473. The topological polar surface area (TPSA) is 125 Å². The van der Waals surface area contributed by atoms with Crippen molar-refractivity contribution < 1.29 is 9.31 Å². The minimum atomic E-state index is -1.07. The fourth-order valence-corrected chi connectivity index (χ4v) is 1.36. The van der Waals surface area contributed by atoms with Gasteiger partial charge in [0, 0.05) is 12.1 Å². The summed E-state index contributed by atoms with van der Waals surface area (Å²) in [4.78, 5) is 30.2. The van der Waals surface area contributed by atoms with E-state index in [9.17, 15) is 19.3 Å². The number of rotatable bonds is 2. The molecular weight excluding hydrogens is 245 g/mol. The molecule has 0 aliphatic carbocycles. The van der Waals surface area contributed by atoms with E-state index in [1.165, 1.54) is 0 Å². The Kier molecular flexibility index (Phi) is 2.66. The van der Waals surface area contributed by atoms with Gasteiger partial charge in [-0.3, -0.25) is 14.9 Å². The van der Waals surface area contributed by atoms with Gasteiger partial charge in [0.05, 0.1) is 22.0 Å². The molecule has 0 spiro atoms. The zero-order chi connectivity index (χ0) is 13.3. The van der Waals surface area contributed by atoms with Crippen molar-refractivity contribution in [3.63, 3.8) is 0 Å². The number of aliphatic imine (C=N–C) groups is 1. The van der Waals surface area contributed by atoms with Crippen molar-refractivity contribution >= 4 is 28.5 Å². The smallest absolute Gasteiger partial charge is 0.307 e. The maximum absolute atomic E-state index is 13.3. The predicted molar refractivity (Wildman–Crippen MR) is 58.8 cm³/mol. The first-order valence-corrected chi connectivity index (χ1v) is 4.53. The number of nitro benzene ring substituents is 1. The summed E-state index contributed by atoms with van der Waals surface area (Å²) in [5.74, 6) is -1.44. The zero-order valence-electron chi connectivity index (χ0n) is 8.60. The van der Waals surface area contributed by atoms with Crippen LogP contribution in [-0.4, -0.2) is 20.9 Å². The molecule has 0 aliphatic rings. The molecule has 0 amide bonds. The van der Waals surface area contributed by atoms with Gasteiger partial charge in [0.1, 0.15) is 0 Å². The summed E-state index contributed by atoms with van der Waals surface area (Å²) in [6.45, 7) is 0. The third-order valence-electron chi connectivity index (χ3n) is 2.10. The van der Waals surface area contributed by atoms with Crippen LogP contribution in [0.3, 0.4) is 0 Å². The molecule has 0 bridgehead atoms. The fraction of sp³-hybridized carbons (Fsp3) is 0. The third-order valence-corrected chi connectivity index (χ3v) is 2.10. The Balaban J connectivity index is 2.82. The van der Waals surface area contributed by atoms with Crippen LogP contribution in [0.4, 0.5) is 15.9 Å². The first-order chi connectivity index (χ1) is 8.52. The molecule has 2 N–H and O–H groups in total. The predicted octanol–water partition coefficient (Wildman–Crippen LogP) is 1.35. The van der Waals surface area contributed by atoms with E-state index in [0.717, 1.165) is 12.1 Å². The highest BCUT2D eigenvalue weighted by molar-refractivity contribution is 5.78. The van der Waals surface area contributed by atoms with Crippen LogP contribution >= 0.6 is 0 Å². The highest BCUT2D eigenvalue weighted by Gasteiger charge is 2.16. The average molecular weight is 249 g/mol. The summed E-state index contributed by atoms with van der Waals surface area (Å²) in [6, 6.07) is 3.31. The van der Waals surface area contributed by atoms with Crippen molar-refractivity contribution in [3.05, 3.63) is 38.4 Å². The van der Waals surface area contributed by atoms with Gasteiger partial charge in [-0.1, -0.05) is 0 Å². The second-order valence-corrected chi connectivity index (χ2v) is 3.19. The molecule has 0 unspecified atom stereocenters. The number of benzene rings is 1. The molecule has 1 aromatic carbocycles. The molecule has 8 nitrogen and oxygen atoms in total. The molecule has 1 heterocycles. The number of aromatic amines is 1. The third kappa shape index (κ3) is 1.85. The van der Waals surface area contributed by atoms with Crippen molar-refractivity contribution in [2.45, 2.75) is 0 Å². The maximum atomic E-state index is 13.3. The van der Waals surface area contributed by atoms with Crippen molar-refractivity contribution in [2.24, 2.45) is 4.99 Å². The van der Waals surface area contributed by atoms with E-state index >= 15 is 0 Å². The molecule has 0 aliphatic heterocycles. The van der Waals surface area contributed by atoms with E-state index < -0.39 is 22.0 Å². The second kappa shape index (κ2) is 4.15. The molecule has 1 aromatic heterocycles. The minimum Gasteiger partial charge on any atom is -0.317 e. The molecule has 0 fully saturated rings. The van der Waals surface area contributed by atoms with Crippen LogP contribution < -0.4 is 5.56 Å². The minimum absolute atomic E-state index is 0.00769. The van der Waals surface area contributed by atoms with E-state index in [-0.39, 0.29) is 16.9 Å². The molecule has 18 heavy (non-hydrogen) atoms. The molecular formula is C9H4FN5O3. The van der Waals surface area contributed by atoms with Crippen LogP contribution in [0.5, 0.6) is 0 Å². The van der Waals surface area contributed by atoms with Crippen LogP contribution in [0, 0.1) is 21.3 Å². The lowest BCUT2D eigenvalue weighted by atomic mass is 10.2. The normalized spacial score (nSPS) is 10.1. The second-order valence-electron chi connectivity index (χ2n) is 3.19. The van der Waals surface area contributed by atoms with E-state index in [4.69, 9.17) is 5.41 Å². The van der Waals surface area contributed by atoms with Gasteiger partial charge < -0.3 is 4.98 Å². The van der Waals surface area contributed by atoms with Crippen LogP contribution in [0.25, 0.3) is 11.0 Å². The Morgan fingerprint density at radius 2 is 2.28 bits per heavy atom. The van der Waals surface area contributed by atoms with Gasteiger partial charge in [-0.05, 0) is 0 Å². The number of aromatic nitrogens is 2. The van der Waals surface area contributed by atoms with Gasteiger partial charge in [0.2, 0.25) is 11.6 Å². The highest BCUT2D eigenvalue weighted by atomic mass is 19.1. The van der Waals surface area contributed by atoms with Gasteiger partial charge in [-0.25, -0.2) is 10.4 Å². The van der Waals surface area contributed by atoms with Gasteiger partial charge in [0.25, 0.3) is 5.56 Å². The molecule has 0 radical (unpaired) electrons. The van der Waals surface area contributed by atoms with Crippen molar-refractivity contribution in [2.75, 3.05) is 0 Å². The summed E-state index contributed by atoms with van der Waals surface area (Å²) in [5.41, 5.74) is -1.50. The molecule has 9 heteroatoms. The van der Waals surface area contributed by atoms with Gasteiger partial charge in [-0.2, -0.15) is 9.38 Å². The van der Waals surface area contributed by atoms with Gasteiger partial charge in [-0.15, -0.1) is 0 Å². The summed E-state index contributed by atoms with van der Waals surface area (Å²) in [7, 11) is 0. The number of H-pyrrole nitrogens is 1. The van der Waals surface area contributed by atoms with Crippen molar-refractivity contribution in [1.82, 2.24) is 9.97 Å². The Morgan fingerprint density at radius 1 is 1.56 bits per heavy atom. The maximum Gasteiger partial charge on any atom is 0.307 e. The fourth-order valence-electron chi connectivity index (χ4n) is 1.36.